The van der Waals surface area contributed by atoms with Crippen molar-refractivity contribution < 1.29 is 4.74 Å². The van der Waals surface area contributed by atoms with Crippen molar-refractivity contribution in [3.8, 4) is 0 Å². The van der Waals surface area contributed by atoms with Crippen molar-refractivity contribution in [2.45, 2.75) is 12.3 Å². The Hall–Kier alpha value is -1.91. The summed E-state index contributed by atoms with van der Waals surface area (Å²) >= 11 is 5.87. The van der Waals surface area contributed by atoms with Gasteiger partial charge in [0.15, 0.2) is 6.23 Å². The van der Waals surface area contributed by atoms with Crippen LogP contribution in [0.5, 0.6) is 0 Å². The number of halogens is 1. The van der Waals surface area contributed by atoms with Crippen LogP contribution < -0.4 is 0 Å². The Morgan fingerprint density at radius 2 is 1.75 bits per heavy atom. The molecule has 0 radical (unpaired) electrons. The van der Waals surface area contributed by atoms with Crippen LogP contribution in [0.25, 0.3) is 0 Å². The predicted molar refractivity (Wildman–Crippen MR) is 77.0 cm³/mol. The van der Waals surface area contributed by atoms with Crippen molar-refractivity contribution in [3.05, 3.63) is 75.7 Å². The van der Waals surface area contributed by atoms with Crippen LogP contribution in [0.3, 0.4) is 0 Å². The normalized spacial score (nSPS) is 21.9. The Labute approximate surface area is 121 Å². The van der Waals surface area contributed by atoms with Gasteiger partial charge in [0.05, 0.1) is 11.9 Å². The number of ether oxygens (including phenoxy) is 1. The fourth-order valence-electron chi connectivity index (χ4n) is 2.40. The van der Waals surface area contributed by atoms with Crippen LogP contribution in [0.4, 0.5) is 0 Å². The summed E-state index contributed by atoms with van der Waals surface area (Å²) in [6.45, 7) is 0.434. The third kappa shape index (κ3) is 2.40. The number of rotatable bonds is 3. The summed E-state index contributed by atoms with van der Waals surface area (Å²) in [5.74, 6) is 0. The highest BCUT2D eigenvalue weighted by molar-refractivity contribution is 6.30. The third-order valence-electron chi connectivity index (χ3n) is 3.41. The molecule has 102 valence electrons. The minimum atomic E-state index is -0.463. The standard InChI is InChI=1S/C15H13ClN2O2/c16-13-8-6-12(7-9-13)15-18(17-19)14(10-20-15)11-4-2-1-3-5-11/h1-9,14-15H,10H2/t14-,15+/m1/s1. The molecule has 2 atom stereocenters. The molecular weight excluding hydrogens is 276 g/mol. The molecular formula is C15H13ClN2O2. The molecule has 0 amide bonds. The predicted octanol–water partition coefficient (Wildman–Crippen LogP) is 4.09. The highest BCUT2D eigenvalue weighted by Gasteiger charge is 2.36. The van der Waals surface area contributed by atoms with E-state index >= 15 is 0 Å². The quantitative estimate of drug-likeness (QED) is 0.799. The summed E-state index contributed by atoms with van der Waals surface area (Å²) in [7, 11) is 0. The molecule has 2 aromatic carbocycles. The zero-order valence-corrected chi connectivity index (χ0v) is 11.4. The van der Waals surface area contributed by atoms with E-state index in [0.29, 0.717) is 11.6 Å². The molecule has 0 N–H and O–H groups in total. The molecule has 0 saturated carbocycles. The van der Waals surface area contributed by atoms with E-state index < -0.39 is 6.23 Å². The lowest BCUT2D eigenvalue weighted by atomic mass is 10.1. The first-order chi connectivity index (χ1) is 9.79. The van der Waals surface area contributed by atoms with Crippen LogP contribution in [0.1, 0.15) is 23.4 Å². The van der Waals surface area contributed by atoms with Crippen molar-refractivity contribution in [1.29, 1.82) is 0 Å². The lowest BCUT2D eigenvalue weighted by Crippen LogP contribution is -2.21. The van der Waals surface area contributed by atoms with Gasteiger partial charge in [0.2, 0.25) is 0 Å². The zero-order chi connectivity index (χ0) is 13.9. The maximum absolute atomic E-state index is 11.2. The fraction of sp³-hybridized carbons (Fsp3) is 0.200. The first kappa shape index (κ1) is 13.1. The minimum Gasteiger partial charge on any atom is -0.350 e. The summed E-state index contributed by atoms with van der Waals surface area (Å²) in [6.07, 6.45) is -0.463. The molecule has 3 rings (SSSR count). The molecule has 1 fully saturated rings. The Kier molecular flexibility index (Phi) is 3.67. The van der Waals surface area contributed by atoms with E-state index in [1.807, 2.05) is 42.5 Å². The molecule has 0 unspecified atom stereocenters. The van der Waals surface area contributed by atoms with E-state index in [4.69, 9.17) is 16.3 Å². The Bertz CT molecular complexity index is 589. The Morgan fingerprint density at radius 3 is 2.40 bits per heavy atom. The Balaban J connectivity index is 1.88. The molecule has 1 aliphatic heterocycles. The second-order valence-corrected chi connectivity index (χ2v) is 5.06. The van der Waals surface area contributed by atoms with E-state index in [0.717, 1.165) is 11.1 Å². The van der Waals surface area contributed by atoms with Gasteiger partial charge in [-0.3, -0.25) is 0 Å². The van der Waals surface area contributed by atoms with Gasteiger partial charge >= 0.3 is 0 Å². The fourth-order valence-corrected chi connectivity index (χ4v) is 2.52. The molecule has 2 aromatic rings. The molecule has 1 saturated heterocycles. The van der Waals surface area contributed by atoms with Gasteiger partial charge in [0.25, 0.3) is 0 Å². The maximum Gasteiger partial charge on any atom is 0.175 e. The summed E-state index contributed by atoms with van der Waals surface area (Å²) in [5.41, 5.74) is 1.89. The molecule has 5 heteroatoms. The van der Waals surface area contributed by atoms with Gasteiger partial charge in [0, 0.05) is 10.6 Å². The van der Waals surface area contributed by atoms with Crippen molar-refractivity contribution in [3.63, 3.8) is 0 Å². The van der Waals surface area contributed by atoms with E-state index in [9.17, 15) is 4.91 Å². The highest BCUT2D eigenvalue weighted by Crippen LogP contribution is 2.38. The van der Waals surface area contributed by atoms with Crippen LogP contribution in [-0.4, -0.2) is 11.6 Å². The molecule has 1 aliphatic rings. The van der Waals surface area contributed by atoms with Crippen molar-refractivity contribution in [2.75, 3.05) is 6.61 Å². The second kappa shape index (κ2) is 5.61. The highest BCUT2D eigenvalue weighted by atomic mass is 35.5. The van der Waals surface area contributed by atoms with Crippen LogP contribution in [0, 0.1) is 4.91 Å². The van der Waals surface area contributed by atoms with Crippen molar-refractivity contribution >= 4 is 11.6 Å². The number of benzene rings is 2. The number of hydrogen-bond acceptors (Lipinski definition) is 3. The second-order valence-electron chi connectivity index (χ2n) is 4.63. The largest absolute Gasteiger partial charge is 0.350 e. The Morgan fingerprint density at radius 1 is 1.05 bits per heavy atom. The smallest absolute Gasteiger partial charge is 0.175 e. The van der Waals surface area contributed by atoms with Crippen LogP contribution in [0.2, 0.25) is 5.02 Å². The molecule has 4 nitrogen and oxygen atoms in total. The molecule has 0 aromatic heterocycles. The lowest BCUT2D eigenvalue weighted by Gasteiger charge is -2.22. The summed E-state index contributed by atoms with van der Waals surface area (Å²) < 4.78 is 5.74. The topological polar surface area (TPSA) is 41.9 Å². The zero-order valence-electron chi connectivity index (χ0n) is 10.6. The van der Waals surface area contributed by atoms with Gasteiger partial charge in [0.1, 0.15) is 6.04 Å². The van der Waals surface area contributed by atoms with Gasteiger partial charge in [-0.25, -0.2) is 5.01 Å². The molecule has 20 heavy (non-hydrogen) atoms. The molecule has 0 aliphatic carbocycles. The average Bonchev–Trinajstić information content (AvgIpc) is 2.93. The van der Waals surface area contributed by atoms with Crippen LogP contribution in [0.15, 0.2) is 59.9 Å². The molecule has 0 bridgehead atoms. The monoisotopic (exact) mass is 288 g/mol. The van der Waals surface area contributed by atoms with Crippen LogP contribution >= 0.6 is 11.6 Å². The summed E-state index contributed by atoms with van der Waals surface area (Å²) in [4.78, 5) is 11.2. The SMILES string of the molecule is O=NN1[C@@H](c2ccccc2)CO[C@H]1c1ccc(Cl)cc1. The van der Waals surface area contributed by atoms with E-state index in [2.05, 4.69) is 5.29 Å². The minimum absolute atomic E-state index is 0.158. The van der Waals surface area contributed by atoms with Gasteiger partial charge in [-0.1, -0.05) is 54.1 Å². The van der Waals surface area contributed by atoms with Gasteiger partial charge in [-0.05, 0) is 17.7 Å². The van der Waals surface area contributed by atoms with Crippen molar-refractivity contribution in [2.24, 2.45) is 5.29 Å². The van der Waals surface area contributed by atoms with Crippen molar-refractivity contribution in [1.82, 2.24) is 5.01 Å². The number of hydrogen-bond donors (Lipinski definition) is 0. The number of nitroso groups, excluding NO2 is 1. The van der Waals surface area contributed by atoms with E-state index in [-0.39, 0.29) is 6.04 Å². The first-order valence-corrected chi connectivity index (χ1v) is 6.71. The summed E-state index contributed by atoms with van der Waals surface area (Å²) in [5, 5.41) is 5.26. The van der Waals surface area contributed by atoms with Gasteiger partial charge < -0.3 is 4.74 Å². The van der Waals surface area contributed by atoms with Gasteiger partial charge in [-0.15, -0.1) is 4.91 Å². The first-order valence-electron chi connectivity index (χ1n) is 6.33. The van der Waals surface area contributed by atoms with E-state index in [1.54, 1.807) is 12.1 Å². The maximum atomic E-state index is 11.2. The van der Waals surface area contributed by atoms with E-state index in [1.165, 1.54) is 5.01 Å². The van der Waals surface area contributed by atoms with Gasteiger partial charge in [-0.2, -0.15) is 0 Å². The molecule has 0 spiro atoms. The average molecular weight is 289 g/mol. The lowest BCUT2D eigenvalue weighted by molar-refractivity contribution is 0.0294. The third-order valence-corrected chi connectivity index (χ3v) is 3.66. The molecule has 1 heterocycles. The summed E-state index contributed by atoms with van der Waals surface area (Å²) in [6, 6.07) is 16.8. The number of nitrogens with zero attached hydrogens (tertiary/aromatic N) is 2. The van der Waals surface area contributed by atoms with Crippen LogP contribution in [-0.2, 0) is 4.74 Å².